The van der Waals surface area contributed by atoms with Gasteiger partial charge in [-0.25, -0.2) is 0 Å². The Bertz CT molecular complexity index is 364. The van der Waals surface area contributed by atoms with Crippen LogP contribution in [0, 0.1) is 0 Å². The molecule has 1 aromatic rings. The minimum atomic E-state index is 0.104. The average Bonchev–Trinajstić information content (AvgIpc) is 2.43. The number of nitrogens with one attached hydrogen (secondary N) is 1. The normalized spacial score (nSPS) is 14.1. The number of ether oxygens (including phenoxy) is 2. The maximum Gasteiger partial charge on any atom is 0.127 e. The van der Waals surface area contributed by atoms with Crippen LogP contribution in [0.5, 0.6) is 11.5 Å². The number of hydrogen-bond acceptors (Lipinski definition) is 4. The van der Waals surface area contributed by atoms with E-state index in [1.807, 2.05) is 25.1 Å². The van der Waals surface area contributed by atoms with Crippen LogP contribution in [0.25, 0.3) is 0 Å². The van der Waals surface area contributed by atoms with Crippen LogP contribution in [0.4, 0.5) is 0 Å². The molecule has 0 aromatic heterocycles. The minimum absolute atomic E-state index is 0.104. The Morgan fingerprint density at radius 2 is 2.00 bits per heavy atom. The molecule has 0 aliphatic rings. The van der Waals surface area contributed by atoms with E-state index in [2.05, 4.69) is 12.2 Å². The number of rotatable bonds is 7. The van der Waals surface area contributed by atoms with Gasteiger partial charge in [0, 0.05) is 23.7 Å². The highest BCUT2D eigenvalue weighted by Gasteiger charge is 2.15. The summed E-state index contributed by atoms with van der Waals surface area (Å²) in [6.07, 6.45) is 0.888. The van der Waals surface area contributed by atoms with E-state index in [-0.39, 0.29) is 18.7 Å². The second-order valence-electron chi connectivity index (χ2n) is 4.28. The van der Waals surface area contributed by atoms with Crippen LogP contribution in [0.1, 0.15) is 31.9 Å². The van der Waals surface area contributed by atoms with Crippen molar-refractivity contribution in [3.05, 3.63) is 23.8 Å². The summed E-state index contributed by atoms with van der Waals surface area (Å²) in [5.74, 6) is 1.57. The highest BCUT2D eigenvalue weighted by molar-refractivity contribution is 5.42. The molecule has 0 fully saturated rings. The molecule has 102 valence electrons. The Balaban J connectivity index is 2.87. The summed E-state index contributed by atoms with van der Waals surface area (Å²) in [5, 5.41) is 12.6. The predicted molar refractivity (Wildman–Crippen MR) is 72.3 cm³/mol. The lowest BCUT2D eigenvalue weighted by molar-refractivity contribution is 0.229. The third-order valence-corrected chi connectivity index (χ3v) is 3.11. The average molecular weight is 253 g/mol. The summed E-state index contributed by atoms with van der Waals surface area (Å²) >= 11 is 0. The van der Waals surface area contributed by atoms with E-state index in [1.165, 1.54) is 0 Å². The number of hydrogen-bond donors (Lipinski definition) is 2. The summed E-state index contributed by atoms with van der Waals surface area (Å²) in [6, 6.07) is 5.98. The van der Waals surface area contributed by atoms with Gasteiger partial charge in [0.25, 0.3) is 0 Å². The zero-order chi connectivity index (χ0) is 13.5. The molecule has 2 N–H and O–H groups in total. The number of methoxy groups -OCH3 is 2. The quantitative estimate of drug-likeness (QED) is 0.781. The minimum Gasteiger partial charge on any atom is -0.497 e. The van der Waals surface area contributed by atoms with Gasteiger partial charge in [0.05, 0.1) is 20.8 Å². The fourth-order valence-electron chi connectivity index (χ4n) is 1.92. The van der Waals surface area contributed by atoms with Gasteiger partial charge in [0.15, 0.2) is 0 Å². The molecule has 0 amide bonds. The van der Waals surface area contributed by atoms with Gasteiger partial charge >= 0.3 is 0 Å². The molecule has 4 nitrogen and oxygen atoms in total. The van der Waals surface area contributed by atoms with Crippen molar-refractivity contribution in [1.29, 1.82) is 0 Å². The fourth-order valence-corrected chi connectivity index (χ4v) is 1.92. The predicted octanol–water partition coefficient (Wildman–Crippen LogP) is 2.13. The first-order valence-electron chi connectivity index (χ1n) is 6.25. The van der Waals surface area contributed by atoms with Gasteiger partial charge < -0.3 is 19.9 Å². The van der Waals surface area contributed by atoms with Crippen molar-refractivity contribution in [3.8, 4) is 11.5 Å². The van der Waals surface area contributed by atoms with Crippen molar-refractivity contribution >= 4 is 0 Å². The van der Waals surface area contributed by atoms with Gasteiger partial charge in [0.2, 0.25) is 0 Å². The molecule has 1 unspecified atom stereocenters. The zero-order valence-corrected chi connectivity index (χ0v) is 11.6. The van der Waals surface area contributed by atoms with Crippen molar-refractivity contribution in [2.75, 3.05) is 20.8 Å². The second kappa shape index (κ2) is 7.24. The summed E-state index contributed by atoms with van der Waals surface area (Å²) < 4.78 is 10.5. The Hall–Kier alpha value is -1.26. The molecular weight excluding hydrogens is 230 g/mol. The first-order valence-corrected chi connectivity index (χ1v) is 6.25. The molecule has 1 aromatic carbocycles. The summed E-state index contributed by atoms with van der Waals surface area (Å²) in [4.78, 5) is 0. The maximum atomic E-state index is 9.22. The van der Waals surface area contributed by atoms with Gasteiger partial charge in [-0.3, -0.25) is 0 Å². The first-order chi connectivity index (χ1) is 8.65. The summed E-state index contributed by atoms with van der Waals surface area (Å²) in [6.45, 7) is 4.24. The standard InChI is InChI=1S/C14H23NO3/c1-5-11(9-16)15-10(2)13-7-6-12(17-3)8-14(13)18-4/h6-8,10-11,15-16H,5,9H2,1-4H3/t10?,11-/m0/s1. The van der Waals surface area contributed by atoms with Crippen LogP contribution in [0.2, 0.25) is 0 Å². The Kier molecular flexibility index (Phi) is 5.95. The molecule has 18 heavy (non-hydrogen) atoms. The fraction of sp³-hybridized carbons (Fsp3) is 0.571. The maximum absolute atomic E-state index is 9.22. The Morgan fingerprint density at radius 3 is 2.50 bits per heavy atom. The van der Waals surface area contributed by atoms with E-state index < -0.39 is 0 Å². The number of aliphatic hydroxyl groups is 1. The van der Waals surface area contributed by atoms with E-state index >= 15 is 0 Å². The van der Waals surface area contributed by atoms with Crippen LogP contribution < -0.4 is 14.8 Å². The lowest BCUT2D eigenvalue weighted by atomic mass is 10.1. The number of aliphatic hydroxyl groups excluding tert-OH is 1. The van der Waals surface area contributed by atoms with Crippen LogP contribution in [-0.4, -0.2) is 32.0 Å². The summed E-state index contributed by atoms with van der Waals surface area (Å²) in [5.41, 5.74) is 1.06. The topological polar surface area (TPSA) is 50.7 Å². The Labute approximate surface area is 109 Å². The SMILES string of the molecule is CC[C@@H](CO)NC(C)c1ccc(OC)cc1OC. The molecular formula is C14H23NO3. The Morgan fingerprint density at radius 1 is 1.28 bits per heavy atom. The largest absolute Gasteiger partial charge is 0.497 e. The second-order valence-corrected chi connectivity index (χ2v) is 4.28. The summed E-state index contributed by atoms with van der Waals surface area (Å²) in [7, 11) is 3.28. The van der Waals surface area contributed by atoms with Crippen molar-refractivity contribution < 1.29 is 14.6 Å². The highest BCUT2D eigenvalue weighted by atomic mass is 16.5. The molecule has 0 saturated heterocycles. The van der Waals surface area contributed by atoms with Crippen molar-refractivity contribution in [3.63, 3.8) is 0 Å². The van der Waals surface area contributed by atoms with E-state index in [9.17, 15) is 5.11 Å². The number of benzene rings is 1. The zero-order valence-electron chi connectivity index (χ0n) is 11.6. The lowest BCUT2D eigenvalue weighted by Crippen LogP contribution is -2.34. The smallest absolute Gasteiger partial charge is 0.127 e. The third-order valence-electron chi connectivity index (χ3n) is 3.11. The molecule has 0 heterocycles. The lowest BCUT2D eigenvalue weighted by Gasteiger charge is -2.22. The monoisotopic (exact) mass is 253 g/mol. The molecule has 4 heteroatoms. The van der Waals surface area contributed by atoms with E-state index in [0.717, 1.165) is 23.5 Å². The van der Waals surface area contributed by atoms with Gasteiger partial charge in [-0.05, 0) is 19.4 Å². The first kappa shape index (κ1) is 14.8. The van der Waals surface area contributed by atoms with E-state index in [1.54, 1.807) is 14.2 Å². The van der Waals surface area contributed by atoms with Crippen molar-refractivity contribution in [2.45, 2.75) is 32.4 Å². The van der Waals surface area contributed by atoms with Crippen molar-refractivity contribution in [2.24, 2.45) is 0 Å². The van der Waals surface area contributed by atoms with Gasteiger partial charge in [-0.1, -0.05) is 13.0 Å². The molecule has 0 aliphatic carbocycles. The molecule has 1 rings (SSSR count). The van der Waals surface area contributed by atoms with Crippen LogP contribution in [0.15, 0.2) is 18.2 Å². The molecule has 0 aliphatic heterocycles. The van der Waals surface area contributed by atoms with Gasteiger partial charge in [-0.2, -0.15) is 0 Å². The van der Waals surface area contributed by atoms with E-state index in [4.69, 9.17) is 9.47 Å². The van der Waals surface area contributed by atoms with Gasteiger partial charge in [0.1, 0.15) is 11.5 Å². The van der Waals surface area contributed by atoms with Crippen LogP contribution in [-0.2, 0) is 0 Å². The molecule has 0 saturated carbocycles. The molecule has 0 spiro atoms. The van der Waals surface area contributed by atoms with Crippen LogP contribution >= 0.6 is 0 Å². The van der Waals surface area contributed by atoms with E-state index in [0.29, 0.717) is 0 Å². The molecule has 2 atom stereocenters. The van der Waals surface area contributed by atoms with Gasteiger partial charge in [-0.15, -0.1) is 0 Å². The van der Waals surface area contributed by atoms with Crippen molar-refractivity contribution in [1.82, 2.24) is 5.32 Å². The third kappa shape index (κ3) is 3.62. The highest BCUT2D eigenvalue weighted by Crippen LogP contribution is 2.29. The molecule has 0 radical (unpaired) electrons. The molecule has 0 bridgehead atoms. The van der Waals surface area contributed by atoms with Crippen LogP contribution in [0.3, 0.4) is 0 Å².